The molecule has 112 valence electrons. The van der Waals surface area contributed by atoms with E-state index in [1.165, 1.54) is 11.3 Å². The molecule has 1 fully saturated rings. The van der Waals surface area contributed by atoms with Crippen LogP contribution in [0.5, 0.6) is 0 Å². The predicted octanol–water partition coefficient (Wildman–Crippen LogP) is 0.881. The fourth-order valence-electron chi connectivity index (χ4n) is 1.78. The first-order valence-electron chi connectivity index (χ1n) is 6.95. The Morgan fingerprint density at radius 1 is 1.43 bits per heavy atom. The highest BCUT2D eigenvalue weighted by Gasteiger charge is 2.22. The van der Waals surface area contributed by atoms with Crippen molar-refractivity contribution >= 4 is 23.2 Å². The highest BCUT2D eigenvalue weighted by Crippen LogP contribution is 2.18. The maximum Gasteiger partial charge on any atom is 0.262 e. The summed E-state index contributed by atoms with van der Waals surface area (Å²) in [7, 11) is 0. The summed E-state index contributed by atoms with van der Waals surface area (Å²) in [6.07, 6.45) is 3.21. The average molecular weight is 306 g/mol. The second-order valence-electron chi connectivity index (χ2n) is 4.82. The predicted molar refractivity (Wildman–Crippen MR) is 81.0 cm³/mol. The van der Waals surface area contributed by atoms with Crippen LogP contribution in [-0.2, 0) is 4.79 Å². The Hall–Kier alpha value is -1.84. The Bertz CT molecular complexity index is 567. The van der Waals surface area contributed by atoms with Crippen molar-refractivity contribution in [2.75, 3.05) is 13.2 Å². The molecule has 0 atom stereocenters. The average Bonchev–Trinajstić information content (AvgIpc) is 3.15. The van der Waals surface area contributed by atoms with Crippen molar-refractivity contribution < 1.29 is 14.7 Å². The molecule has 1 aliphatic carbocycles. The van der Waals surface area contributed by atoms with Crippen LogP contribution in [0.15, 0.2) is 11.4 Å². The third-order valence-corrected chi connectivity index (χ3v) is 3.90. The Labute approximate surface area is 127 Å². The van der Waals surface area contributed by atoms with Crippen LogP contribution in [0.25, 0.3) is 0 Å². The molecule has 6 heteroatoms. The minimum atomic E-state index is -0.229. The lowest BCUT2D eigenvalue weighted by atomic mass is 10.2. The van der Waals surface area contributed by atoms with Crippen molar-refractivity contribution in [3.8, 4) is 11.8 Å². The number of thiophene rings is 1. The smallest absolute Gasteiger partial charge is 0.262 e. The van der Waals surface area contributed by atoms with Crippen LogP contribution < -0.4 is 10.6 Å². The normalized spacial score (nSPS) is 13.2. The van der Waals surface area contributed by atoms with E-state index in [2.05, 4.69) is 22.5 Å². The first-order chi connectivity index (χ1) is 10.2. The second-order valence-corrected chi connectivity index (χ2v) is 5.74. The third-order valence-electron chi connectivity index (χ3n) is 2.98. The molecule has 0 saturated heterocycles. The van der Waals surface area contributed by atoms with Gasteiger partial charge >= 0.3 is 0 Å². The van der Waals surface area contributed by atoms with E-state index in [1.54, 1.807) is 11.4 Å². The Morgan fingerprint density at radius 2 is 2.24 bits per heavy atom. The maximum absolute atomic E-state index is 12.0. The monoisotopic (exact) mass is 306 g/mol. The fourth-order valence-corrected chi connectivity index (χ4v) is 2.54. The summed E-state index contributed by atoms with van der Waals surface area (Å²) in [6, 6.07) is 2.14. The summed E-state index contributed by atoms with van der Waals surface area (Å²) >= 11 is 1.31. The summed E-state index contributed by atoms with van der Waals surface area (Å²) in [6.45, 7) is 0.231. The molecule has 2 amide bonds. The number of carbonyl (C=O) groups excluding carboxylic acids is 2. The molecule has 1 aromatic rings. The number of aliphatic hydroxyl groups is 1. The van der Waals surface area contributed by atoms with E-state index in [0.29, 0.717) is 35.9 Å². The van der Waals surface area contributed by atoms with Crippen molar-refractivity contribution in [2.24, 2.45) is 0 Å². The van der Waals surface area contributed by atoms with Crippen molar-refractivity contribution in [3.05, 3.63) is 21.9 Å². The maximum atomic E-state index is 12.0. The van der Waals surface area contributed by atoms with E-state index >= 15 is 0 Å². The number of aliphatic hydroxyl groups excluding tert-OH is 1. The summed E-state index contributed by atoms with van der Waals surface area (Å²) in [5, 5.41) is 16.2. The van der Waals surface area contributed by atoms with Crippen LogP contribution in [0.3, 0.4) is 0 Å². The highest BCUT2D eigenvalue weighted by atomic mass is 32.1. The van der Waals surface area contributed by atoms with Gasteiger partial charge in [0.2, 0.25) is 5.91 Å². The zero-order valence-corrected chi connectivity index (χ0v) is 12.5. The molecule has 1 saturated carbocycles. The van der Waals surface area contributed by atoms with Gasteiger partial charge in [-0.25, -0.2) is 0 Å². The molecular weight excluding hydrogens is 288 g/mol. The number of amides is 2. The molecule has 2 rings (SSSR count). The van der Waals surface area contributed by atoms with Crippen LogP contribution in [0.4, 0.5) is 0 Å². The van der Waals surface area contributed by atoms with Gasteiger partial charge in [0.1, 0.15) is 11.5 Å². The summed E-state index contributed by atoms with van der Waals surface area (Å²) in [5.41, 5.74) is 0.623. The van der Waals surface area contributed by atoms with Gasteiger partial charge in [-0.3, -0.25) is 9.59 Å². The lowest BCUT2D eigenvalue weighted by Crippen LogP contribution is -2.28. The molecule has 1 heterocycles. The van der Waals surface area contributed by atoms with Crippen molar-refractivity contribution in [1.29, 1.82) is 0 Å². The minimum Gasteiger partial charge on any atom is -0.384 e. The third kappa shape index (κ3) is 5.21. The highest BCUT2D eigenvalue weighted by molar-refractivity contribution is 7.12. The number of hydrogen-bond acceptors (Lipinski definition) is 4. The summed E-state index contributed by atoms with van der Waals surface area (Å²) in [5.74, 6) is 5.15. The topological polar surface area (TPSA) is 78.4 Å². The molecule has 0 aromatic carbocycles. The first-order valence-corrected chi connectivity index (χ1v) is 7.83. The summed E-state index contributed by atoms with van der Waals surface area (Å²) in [4.78, 5) is 24.0. The van der Waals surface area contributed by atoms with Gasteiger partial charge in [0, 0.05) is 24.6 Å². The van der Waals surface area contributed by atoms with E-state index < -0.39 is 0 Å². The van der Waals surface area contributed by atoms with Crippen molar-refractivity contribution in [2.45, 2.75) is 31.7 Å². The number of rotatable bonds is 6. The van der Waals surface area contributed by atoms with Gasteiger partial charge in [0.05, 0.1) is 0 Å². The molecule has 0 aliphatic heterocycles. The van der Waals surface area contributed by atoms with Gasteiger partial charge in [0.25, 0.3) is 5.91 Å². The Balaban J connectivity index is 1.71. The molecule has 0 bridgehead atoms. The van der Waals surface area contributed by atoms with Gasteiger partial charge in [-0.1, -0.05) is 11.8 Å². The fraction of sp³-hybridized carbons (Fsp3) is 0.467. The first kappa shape index (κ1) is 15.5. The zero-order chi connectivity index (χ0) is 15.1. The molecule has 21 heavy (non-hydrogen) atoms. The van der Waals surface area contributed by atoms with Gasteiger partial charge in [-0.15, -0.1) is 11.3 Å². The summed E-state index contributed by atoms with van der Waals surface area (Å²) < 4.78 is 0. The quantitative estimate of drug-likeness (QED) is 0.539. The molecule has 1 aliphatic rings. The van der Waals surface area contributed by atoms with Gasteiger partial charge in [0.15, 0.2) is 0 Å². The van der Waals surface area contributed by atoms with Crippen LogP contribution in [-0.4, -0.2) is 36.1 Å². The van der Waals surface area contributed by atoms with E-state index in [0.717, 1.165) is 12.8 Å². The van der Waals surface area contributed by atoms with Crippen LogP contribution in [0.1, 0.15) is 40.9 Å². The molecule has 1 aromatic heterocycles. The molecule has 5 nitrogen and oxygen atoms in total. The number of hydrogen-bond donors (Lipinski definition) is 3. The van der Waals surface area contributed by atoms with Crippen molar-refractivity contribution in [3.63, 3.8) is 0 Å². The SMILES string of the molecule is O=C(CCCNC(=O)c1sccc1C#CCO)NC1CC1. The van der Waals surface area contributed by atoms with Crippen LogP contribution >= 0.6 is 11.3 Å². The minimum absolute atomic E-state index is 0.0531. The van der Waals surface area contributed by atoms with Gasteiger partial charge < -0.3 is 15.7 Å². The van der Waals surface area contributed by atoms with E-state index in [1.807, 2.05) is 0 Å². The number of carbonyl (C=O) groups is 2. The Kier molecular flexibility index (Phi) is 5.78. The molecule has 0 spiro atoms. The van der Waals surface area contributed by atoms with Crippen LogP contribution in [0, 0.1) is 11.8 Å². The lowest BCUT2D eigenvalue weighted by Gasteiger charge is -2.05. The van der Waals surface area contributed by atoms with Gasteiger partial charge in [-0.05, 0) is 30.7 Å². The molecule has 0 unspecified atom stereocenters. The zero-order valence-electron chi connectivity index (χ0n) is 11.6. The largest absolute Gasteiger partial charge is 0.384 e. The van der Waals surface area contributed by atoms with Crippen LogP contribution in [0.2, 0.25) is 0 Å². The lowest BCUT2D eigenvalue weighted by molar-refractivity contribution is -0.121. The van der Waals surface area contributed by atoms with Crippen molar-refractivity contribution in [1.82, 2.24) is 10.6 Å². The van der Waals surface area contributed by atoms with Gasteiger partial charge in [-0.2, -0.15) is 0 Å². The standard InChI is InChI=1S/C15H18N2O3S/c18-9-2-3-11-7-10-21-14(11)15(20)16-8-1-4-13(19)17-12-5-6-12/h7,10,12,18H,1,4-6,8-9H2,(H,16,20)(H,17,19). The van der Waals surface area contributed by atoms with E-state index in [-0.39, 0.29) is 18.4 Å². The molecule has 0 radical (unpaired) electrons. The Morgan fingerprint density at radius 3 is 2.95 bits per heavy atom. The van der Waals surface area contributed by atoms with E-state index in [9.17, 15) is 9.59 Å². The molecular formula is C15H18N2O3S. The number of nitrogens with one attached hydrogen (secondary N) is 2. The molecule has 3 N–H and O–H groups in total. The second kappa shape index (κ2) is 7.81. The van der Waals surface area contributed by atoms with E-state index in [4.69, 9.17) is 5.11 Å².